The zero-order valence-corrected chi connectivity index (χ0v) is 24.6. The van der Waals surface area contributed by atoms with Crippen LogP contribution in [-0.4, -0.2) is 91.7 Å². The molecular weight excluding hydrogens is 584 g/mol. The van der Waals surface area contributed by atoms with E-state index in [9.17, 15) is 33.6 Å². The molecule has 2 aromatic rings. The van der Waals surface area contributed by atoms with Crippen molar-refractivity contribution in [2.45, 2.75) is 25.4 Å². The van der Waals surface area contributed by atoms with Crippen LogP contribution in [-0.2, 0) is 51.3 Å². The summed E-state index contributed by atoms with van der Waals surface area (Å²) >= 11 is 0. The minimum absolute atomic E-state index is 0.0130. The van der Waals surface area contributed by atoms with Gasteiger partial charge in [0.05, 0.1) is 39.4 Å². The molecule has 0 fully saturated rings. The van der Waals surface area contributed by atoms with E-state index in [2.05, 4.69) is 26.6 Å². The molecule has 1 atom stereocenters. The van der Waals surface area contributed by atoms with Gasteiger partial charge in [0.1, 0.15) is 6.04 Å². The lowest BCUT2D eigenvalue weighted by Crippen LogP contribution is -2.52. The Balaban J connectivity index is 1.35. The fourth-order valence-corrected chi connectivity index (χ4v) is 4.04. The maximum Gasteiger partial charge on any atom is 0.253 e. The largest absolute Gasteiger partial charge is 0.379 e. The molecule has 0 saturated heterocycles. The highest BCUT2D eigenvalue weighted by atomic mass is 16.5. The number of benzene rings is 2. The Bertz CT molecular complexity index is 1360. The lowest BCUT2D eigenvalue weighted by atomic mass is 10.1. The summed E-state index contributed by atoms with van der Waals surface area (Å²) in [5.74, 6) is -3.55. The topological polar surface area (TPSA) is 192 Å². The fraction of sp³-hybridized carbons (Fsp3) is 0.323. The van der Waals surface area contributed by atoms with Crippen LogP contribution in [0, 0.1) is 0 Å². The van der Waals surface area contributed by atoms with Crippen LogP contribution in [0.5, 0.6) is 0 Å². The van der Waals surface area contributed by atoms with Gasteiger partial charge in [-0.15, -0.1) is 0 Å². The van der Waals surface area contributed by atoms with Gasteiger partial charge in [-0.2, -0.15) is 0 Å². The van der Waals surface area contributed by atoms with E-state index < -0.39 is 53.9 Å². The first-order chi connectivity index (χ1) is 21.7. The third kappa shape index (κ3) is 12.8. The quantitative estimate of drug-likeness (QED) is 0.100. The number of hydrogen-bond acceptors (Lipinski definition) is 8. The summed E-state index contributed by atoms with van der Waals surface area (Å²) in [6, 6.07) is 17.3. The van der Waals surface area contributed by atoms with E-state index in [1.165, 1.54) is 12.2 Å². The first-order valence-corrected chi connectivity index (χ1v) is 14.3. The van der Waals surface area contributed by atoms with Crippen LogP contribution in [0.2, 0.25) is 0 Å². The molecule has 7 amide bonds. The first-order valence-electron chi connectivity index (χ1n) is 14.3. The van der Waals surface area contributed by atoms with E-state index in [1.807, 2.05) is 36.4 Å². The van der Waals surface area contributed by atoms with Crippen LogP contribution in [0.25, 0.3) is 0 Å². The maximum absolute atomic E-state index is 12.9. The number of nitrogens with zero attached hydrogens (tertiary/aromatic N) is 1. The molecule has 14 heteroatoms. The highest BCUT2D eigenvalue weighted by molar-refractivity contribution is 6.12. The summed E-state index contributed by atoms with van der Waals surface area (Å²) < 4.78 is 5.27. The summed E-state index contributed by atoms with van der Waals surface area (Å²) in [5, 5.41) is 12.6. The van der Waals surface area contributed by atoms with Crippen LogP contribution >= 0.6 is 0 Å². The van der Waals surface area contributed by atoms with Gasteiger partial charge in [-0.3, -0.25) is 38.5 Å². The zero-order chi connectivity index (χ0) is 32.4. The van der Waals surface area contributed by atoms with Crippen molar-refractivity contribution in [3.8, 4) is 0 Å². The van der Waals surface area contributed by atoms with Crippen molar-refractivity contribution < 1.29 is 38.3 Å². The average Bonchev–Trinajstić information content (AvgIpc) is 3.37. The van der Waals surface area contributed by atoms with Gasteiger partial charge in [-0.25, -0.2) is 0 Å². The fourth-order valence-electron chi connectivity index (χ4n) is 4.04. The molecule has 0 radical (unpaired) electrons. The minimum atomic E-state index is -1.02. The normalized spacial score (nSPS) is 12.8. The maximum atomic E-state index is 12.9. The number of rotatable bonds is 18. The Morgan fingerprint density at radius 1 is 0.644 bits per heavy atom. The number of amides is 7. The van der Waals surface area contributed by atoms with E-state index in [1.54, 1.807) is 24.3 Å². The molecule has 1 aliphatic rings. The number of nitrogens with one attached hydrogen (secondary N) is 5. The van der Waals surface area contributed by atoms with E-state index >= 15 is 0 Å². The molecular formula is C31H36N6O8. The molecule has 2 aromatic carbocycles. The molecule has 0 aromatic heterocycles. The molecule has 0 saturated carbocycles. The molecule has 14 nitrogen and oxygen atoms in total. The molecule has 1 heterocycles. The SMILES string of the molecule is O=C(CCOCCN1C(=O)C=CC1=O)NCC(=O)NCC(=O)N[C@@H](Cc1ccccc1)C(=O)NCC(=O)NCc1ccccc1. The Morgan fingerprint density at radius 3 is 1.87 bits per heavy atom. The van der Waals surface area contributed by atoms with Gasteiger partial charge in [-0.1, -0.05) is 60.7 Å². The monoisotopic (exact) mass is 620 g/mol. The Hall–Kier alpha value is -5.37. The highest BCUT2D eigenvalue weighted by Gasteiger charge is 2.23. The summed E-state index contributed by atoms with van der Waals surface area (Å²) in [7, 11) is 0. The lowest BCUT2D eigenvalue weighted by Gasteiger charge is -2.19. The molecule has 0 bridgehead atoms. The highest BCUT2D eigenvalue weighted by Crippen LogP contribution is 2.04. The van der Waals surface area contributed by atoms with Crippen LogP contribution in [0.3, 0.4) is 0 Å². The molecule has 5 N–H and O–H groups in total. The van der Waals surface area contributed by atoms with Crippen molar-refractivity contribution in [2.24, 2.45) is 0 Å². The second-order valence-corrected chi connectivity index (χ2v) is 9.87. The Morgan fingerprint density at radius 2 is 1.20 bits per heavy atom. The number of carbonyl (C=O) groups is 7. The second kappa shape index (κ2) is 18.3. The Kier molecular flexibility index (Phi) is 13.9. The smallest absolute Gasteiger partial charge is 0.253 e. The third-order valence-corrected chi connectivity index (χ3v) is 6.42. The number of hydrogen-bond donors (Lipinski definition) is 5. The number of imide groups is 1. The van der Waals surface area contributed by atoms with Gasteiger partial charge in [-0.05, 0) is 11.1 Å². The van der Waals surface area contributed by atoms with E-state index in [-0.39, 0.29) is 45.7 Å². The van der Waals surface area contributed by atoms with Gasteiger partial charge in [0.2, 0.25) is 29.5 Å². The van der Waals surface area contributed by atoms with E-state index in [0.717, 1.165) is 16.0 Å². The molecule has 0 unspecified atom stereocenters. The molecule has 3 rings (SSSR count). The van der Waals surface area contributed by atoms with Crippen molar-refractivity contribution in [3.63, 3.8) is 0 Å². The van der Waals surface area contributed by atoms with Crippen LogP contribution in [0.1, 0.15) is 17.5 Å². The summed E-state index contributed by atoms with van der Waals surface area (Å²) in [5.41, 5.74) is 1.68. The zero-order valence-electron chi connectivity index (χ0n) is 24.6. The van der Waals surface area contributed by atoms with Gasteiger partial charge in [0, 0.05) is 31.5 Å². The van der Waals surface area contributed by atoms with E-state index in [4.69, 9.17) is 4.74 Å². The van der Waals surface area contributed by atoms with Crippen LogP contribution < -0.4 is 26.6 Å². The molecule has 0 aliphatic carbocycles. The summed E-state index contributed by atoms with van der Waals surface area (Å²) in [6.45, 7) is -0.682. The van der Waals surface area contributed by atoms with Crippen molar-refractivity contribution in [2.75, 3.05) is 39.4 Å². The number of ether oxygens (including phenoxy) is 1. The van der Waals surface area contributed by atoms with Crippen molar-refractivity contribution in [3.05, 3.63) is 83.9 Å². The summed E-state index contributed by atoms with van der Waals surface area (Å²) in [4.78, 5) is 85.8. The lowest BCUT2D eigenvalue weighted by molar-refractivity contribution is -0.138. The van der Waals surface area contributed by atoms with Crippen LogP contribution in [0.15, 0.2) is 72.8 Å². The predicted molar refractivity (Wildman–Crippen MR) is 161 cm³/mol. The number of carbonyl (C=O) groups excluding carboxylic acids is 7. The molecule has 45 heavy (non-hydrogen) atoms. The van der Waals surface area contributed by atoms with Crippen molar-refractivity contribution >= 4 is 41.4 Å². The third-order valence-electron chi connectivity index (χ3n) is 6.42. The second-order valence-electron chi connectivity index (χ2n) is 9.87. The standard InChI is InChI=1S/C31H36N6O8/c38-25(13-15-45-16-14-37-29(42)11-12-30(37)43)33-19-26(39)34-21-28(41)36-24(17-22-7-3-1-4-8-22)31(44)35-20-27(40)32-18-23-9-5-2-6-10-23/h1-12,24H,13-21H2,(H,32,40)(H,33,38)(H,34,39)(H,35,44)(H,36,41)/t24-/m0/s1. The predicted octanol–water partition coefficient (Wildman–Crippen LogP) is -1.29. The van der Waals surface area contributed by atoms with Gasteiger partial charge < -0.3 is 31.3 Å². The molecule has 238 valence electrons. The van der Waals surface area contributed by atoms with E-state index in [0.29, 0.717) is 6.54 Å². The van der Waals surface area contributed by atoms with Gasteiger partial charge >= 0.3 is 0 Å². The molecule has 1 aliphatic heterocycles. The van der Waals surface area contributed by atoms with Gasteiger partial charge in [0.15, 0.2) is 0 Å². The molecule has 0 spiro atoms. The van der Waals surface area contributed by atoms with Crippen molar-refractivity contribution in [1.29, 1.82) is 0 Å². The Labute approximate surface area is 259 Å². The minimum Gasteiger partial charge on any atom is -0.379 e. The average molecular weight is 621 g/mol. The van der Waals surface area contributed by atoms with Crippen LogP contribution in [0.4, 0.5) is 0 Å². The summed E-state index contributed by atoms with van der Waals surface area (Å²) in [6.07, 6.45) is 2.43. The first kappa shape index (κ1) is 34.1. The van der Waals surface area contributed by atoms with Gasteiger partial charge in [0.25, 0.3) is 11.8 Å². The van der Waals surface area contributed by atoms with Crippen molar-refractivity contribution in [1.82, 2.24) is 31.5 Å².